The smallest absolute Gasteiger partial charge is 0.0315 e. The number of aromatic nitrogens is 1. The second kappa shape index (κ2) is 4.77. The molecule has 70 valence electrons. The van der Waals surface area contributed by atoms with Crippen LogP contribution in [-0.4, -0.2) is 11.5 Å². The quantitative estimate of drug-likeness (QED) is 0.710. The van der Waals surface area contributed by atoms with Gasteiger partial charge in [-0.2, -0.15) is 0 Å². The van der Waals surface area contributed by atoms with Crippen molar-refractivity contribution in [1.82, 2.24) is 10.3 Å². The number of aryl methyl sites for hydroxylation is 1. The summed E-state index contributed by atoms with van der Waals surface area (Å²) in [5.41, 5.74) is 3.69. The third kappa shape index (κ3) is 3.38. The molecule has 1 aromatic rings. The van der Waals surface area contributed by atoms with Crippen molar-refractivity contribution < 1.29 is 0 Å². The lowest BCUT2D eigenvalue weighted by Gasteiger charge is -2.06. The molecule has 1 rings (SSSR count). The molecule has 1 N–H and O–H groups in total. The van der Waals surface area contributed by atoms with Gasteiger partial charge in [-0.1, -0.05) is 12.2 Å². The largest absolute Gasteiger partial charge is 0.309 e. The first-order chi connectivity index (χ1) is 6.20. The van der Waals surface area contributed by atoms with E-state index in [0.717, 1.165) is 18.7 Å². The molecule has 0 saturated carbocycles. The van der Waals surface area contributed by atoms with Crippen molar-refractivity contribution in [3.8, 4) is 0 Å². The zero-order chi connectivity index (χ0) is 9.68. The van der Waals surface area contributed by atoms with E-state index in [1.165, 1.54) is 11.1 Å². The Bertz CT molecular complexity index is 292. The highest BCUT2D eigenvalue weighted by atomic mass is 14.8. The zero-order valence-electron chi connectivity index (χ0n) is 8.30. The van der Waals surface area contributed by atoms with Crippen molar-refractivity contribution in [2.45, 2.75) is 20.4 Å². The van der Waals surface area contributed by atoms with E-state index in [1.807, 2.05) is 25.4 Å². The predicted octanol–water partition coefficient (Wildman–Crippen LogP) is 2.06. The molecule has 0 aliphatic heterocycles. The van der Waals surface area contributed by atoms with E-state index in [2.05, 4.69) is 23.8 Å². The van der Waals surface area contributed by atoms with Gasteiger partial charge >= 0.3 is 0 Å². The van der Waals surface area contributed by atoms with Crippen LogP contribution >= 0.6 is 0 Å². The van der Waals surface area contributed by atoms with E-state index in [-0.39, 0.29) is 0 Å². The van der Waals surface area contributed by atoms with Gasteiger partial charge in [-0.3, -0.25) is 4.98 Å². The lowest BCUT2D eigenvalue weighted by Crippen LogP contribution is -2.15. The summed E-state index contributed by atoms with van der Waals surface area (Å²) < 4.78 is 0. The maximum atomic E-state index is 4.08. The molecule has 0 saturated heterocycles. The Hall–Kier alpha value is -1.15. The fourth-order valence-electron chi connectivity index (χ4n) is 1.09. The molecule has 1 aromatic heterocycles. The number of rotatable bonds is 4. The first-order valence-corrected chi connectivity index (χ1v) is 4.44. The monoisotopic (exact) mass is 176 g/mol. The second-order valence-electron chi connectivity index (χ2n) is 3.36. The molecule has 0 aromatic carbocycles. The number of hydrogen-bond acceptors (Lipinski definition) is 2. The molecule has 0 aliphatic rings. The molecular formula is C11H16N2. The van der Waals surface area contributed by atoms with Crippen LogP contribution in [0, 0.1) is 6.92 Å². The van der Waals surface area contributed by atoms with Gasteiger partial charge < -0.3 is 5.32 Å². The van der Waals surface area contributed by atoms with E-state index >= 15 is 0 Å². The molecule has 2 nitrogen and oxygen atoms in total. The normalized spacial score (nSPS) is 10.0. The first-order valence-electron chi connectivity index (χ1n) is 4.44. The Balaban J connectivity index is 2.45. The minimum atomic E-state index is 0.868. The summed E-state index contributed by atoms with van der Waals surface area (Å²) in [5.74, 6) is 0. The van der Waals surface area contributed by atoms with E-state index in [1.54, 1.807) is 0 Å². The highest BCUT2D eigenvalue weighted by molar-refractivity contribution is 5.21. The van der Waals surface area contributed by atoms with Crippen LogP contribution in [0.1, 0.15) is 18.1 Å². The molecule has 0 amide bonds. The minimum Gasteiger partial charge on any atom is -0.309 e. The molecule has 13 heavy (non-hydrogen) atoms. The lowest BCUT2D eigenvalue weighted by atomic mass is 10.1. The Morgan fingerprint density at radius 2 is 2.38 bits per heavy atom. The molecule has 0 spiro atoms. The van der Waals surface area contributed by atoms with Crippen molar-refractivity contribution in [1.29, 1.82) is 0 Å². The lowest BCUT2D eigenvalue weighted by molar-refractivity contribution is 0.734. The highest BCUT2D eigenvalue weighted by Gasteiger charge is 1.95. The fourth-order valence-corrected chi connectivity index (χ4v) is 1.09. The maximum Gasteiger partial charge on any atom is 0.0315 e. The van der Waals surface area contributed by atoms with Crippen LogP contribution in [0.2, 0.25) is 0 Å². The average molecular weight is 176 g/mol. The van der Waals surface area contributed by atoms with E-state index in [0.29, 0.717) is 0 Å². The van der Waals surface area contributed by atoms with Crippen LogP contribution in [0.25, 0.3) is 0 Å². The van der Waals surface area contributed by atoms with Crippen LogP contribution in [-0.2, 0) is 6.54 Å². The van der Waals surface area contributed by atoms with Gasteiger partial charge in [0.2, 0.25) is 0 Å². The van der Waals surface area contributed by atoms with Crippen LogP contribution < -0.4 is 5.32 Å². The van der Waals surface area contributed by atoms with E-state index in [9.17, 15) is 0 Å². The van der Waals surface area contributed by atoms with Crippen molar-refractivity contribution in [2.24, 2.45) is 0 Å². The molecular weight excluding hydrogens is 160 g/mol. The van der Waals surface area contributed by atoms with Crippen LogP contribution in [0.4, 0.5) is 0 Å². The van der Waals surface area contributed by atoms with Crippen molar-refractivity contribution in [3.05, 3.63) is 41.7 Å². The summed E-state index contributed by atoms with van der Waals surface area (Å²) >= 11 is 0. The average Bonchev–Trinajstić information content (AvgIpc) is 2.08. The molecule has 0 atom stereocenters. The molecule has 0 aliphatic carbocycles. The predicted molar refractivity (Wildman–Crippen MR) is 55.5 cm³/mol. The summed E-state index contributed by atoms with van der Waals surface area (Å²) in [5, 5.41) is 3.30. The summed E-state index contributed by atoms with van der Waals surface area (Å²) in [4.78, 5) is 4.08. The summed E-state index contributed by atoms with van der Waals surface area (Å²) in [7, 11) is 0. The van der Waals surface area contributed by atoms with Crippen molar-refractivity contribution in [3.63, 3.8) is 0 Å². The molecule has 0 radical (unpaired) electrons. The van der Waals surface area contributed by atoms with Gasteiger partial charge in [-0.25, -0.2) is 0 Å². The van der Waals surface area contributed by atoms with Crippen molar-refractivity contribution in [2.75, 3.05) is 6.54 Å². The Kier molecular flexibility index (Phi) is 3.65. The second-order valence-corrected chi connectivity index (χ2v) is 3.36. The number of pyridine rings is 1. The minimum absolute atomic E-state index is 0.868. The van der Waals surface area contributed by atoms with Crippen LogP contribution in [0.3, 0.4) is 0 Å². The van der Waals surface area contributed by atoms with Gasteiger partial charge in [0.15, 0.2) is 0 Å². The SMILES string of the molecule is C=C(C)CNCc1cnccc1C. The van der Waals surface area contributed by atoms with E-state index in [4.69, 9.17) is 0 Å². The van der Waals surface area contributed by atoms with Gasteiger partial charge in [0.05, 0.1) is 0 Å². The van der Waals surface area contributed by atoms with Gasteiger partial charge in [-0.15, -0.1) is 0 Å². The standard InChI is InChI=1S/C11H16N2/c1-9(2)6-13-8-11-7-12-5-4-10(11)3/h4-5,7,13H,1,6,8H2,2-3H3. The molecule has 1 heterocycles. The fraction of sp³-hybridized carbons (Fsp3) is 0.364. The highest BCUT2D eigenvalue weighted by Crippen LogP contribution is 2.03. The molecule has 0 fully saturated rings. The Labute approximate surface area is 79.7 Å². The molecule has 0 unspecified atom stereocenters. The number of hydrogen-bond donors (Lipinski definition) is 1. The Morgan fingerprint density at radius 1 is 1.62 bits per heavy atom. The maximum absolute atomic E-state index is 4.08. The van der Waals surface area contributed by atoms with Gasteiger partial charge in [0, 0.05) is 25.5 Å². The van der Waals surface area contributed by atoms with Gasteiger partial charge in [0.25, 0.3) is 0 Å². The molecule has 2 heteroatoms. The summed E-state index contributed by atoms with van der Waals surface area (Å²) in [6.45, 7) is 9.68. The third-order valence-corrected chi connectivity index (χ3v) is 1.89. The first kappa shape index (κ1) is 9.93. The number of nitrogens with one attached hydrogen (secondary N) is 1. The summed E-state index contributed by atoms with van der Waals surface area (Å²) in [6, 6.07) is 2.03. The van der Waals surface area contributed by atoms with Gasteiger partial charge in [-0.05, 0) is 31.0 Å². The van der Waals surface area contributed by atoms with Crippen LogP contribution in [0.5, 0.6) is 0 Å². The number of nitrogens with zero attached hydrogens (tertiary/aromatic N) is 1. The van der Waals surface area contributed by atoms with E-state index < -0.39 is 0 Å². The van der Waals surface area contributed by atoms with Gasteiger partial charge in [0.1, 0.15) is 0 Å². The topological polar surface area (TPSA) is 24.9 Å². The van der Waals surface area contributed by atoms with Crippen LogP contribution in [0.15, 0.2) is 30.6 Å². The molecule has 0 bridgehead atoms. The zero-order valence-corrected chi connectivity index (χ0v) is 8.30. The third-order valence-electron chi connectivity index (χ3n) is 1.89. The summed E-state index contributed by atoms with van der Waals surface area (Å²) in [6.07, 6.45) is 3.72. The Morgan fingerprint density at radius 3 is 3.00 bits per heavy atom. The van der Waals surface area contributed by atoms with Crippen molar-refractivity contribution >= 4 is 0 Å².